The van der Waals surface area contributed by atoms with Crippen molar-refractivity contribution < 1.29 is 13.9 Å². The molecule has 0 fully saturated rings. The van der Waals surface area contributed by atoms with Crippen molar-refractivity contribution in [3.8, 4) is 28.7 Å². The number of carbonyl (C=O) groups excluding carboxylic acids is 1. The van der Waals surface area contributed by atoms with Gasteiger partial charge in [-0.15, -0.1) is 10.2 Å². The van der Waals surface area contributed by atoms with Gasteiger partial charge in [-0.25, -0.2) is 0 Å². The van der Waals surface area contributed by atoms with E-state index in [0.717, 1.165) is 16.9 Å². The number of hydrogen-bond acceptors (Lipinski definition) is 5. The van der Waals surface area contributed by atoms with Crippen LogP contribution in [0, 0.1) is 13.8 Å². The van der Waals surface area contributed by atoms with Gasteiger partial charge in [-0.3, -0.25) is 4.79 Å². The van der Waals surface area contributed by atoms with Crippen LogP contribution in [-0.2, 0) is 0 Å². The van der Waals surface area contributed by atoms with Crippen molar-refractivity contribution in [2.75, 3.05) is 13.2 Å². The van der Waals surface area contributed by atoms with Crippen LogP contribution in [0.5, 0.6) is 5.75 Å². The molecule has 6 nitrogen and oxygen atoms in total. The molecule has 1 aromatic heterocycles. The second-order valence-electron chi connectivity index (χ2n) is 7.27. The summed E-state index contributed by atoms with van der Waals surface area (Å²) in [5, 5.41) is 11.1. The van der Waals surface area contributed by atoms with Gasteiger partial charge in [0.15, 0.2) is 0 Å². The molecular formula is C25H23N3O3. The molecule has 156 valence electrons. The van der Waals surface area contributed by atoms with Crippen LogP contribution in [0.15, 0.2) is 77.2 Å². The first-order valence-electron chi connectivity index (χ1n) is 10.1. The lowest BCUT2D eigenvalue weighted by Crippen LogP contribution is -2.28. The van der Waals surface area contributed by atoms with E-state index < -0.39 is 0 Å². The van der Waals surface area contributed by atoms with Gasteiger partial charge in [0.2, 0.25) is 11.8 Å². The Labute approximate surface area is 180 Å². The zero-order valence-electron chi connectivity index (χ0n) is 17.5. The maximum absolute atomic E-state index is 12.3. The predicted molar refractivity (Wildman–Crippen MR) is 119 cm³/mol. The van der Waals surface area contributed by atoms with Gasteiger partial charge in [0.25, 0.3) is 5.91 Å². The highest BCUT2D eigenvalue weighted by Gasteiger charge is 2.12. The van der Waals surface area contributed by atoms with E-state index in [9.17, 15) is 4.79 Å². The predicted octanol–water partition coefficient (Wildman–Crippen LogP) is 4.83. The number of hydrogen-bond donors (Lipinski definition) is 1. The zero-order chi connectivity index (χ0) is 21.6. The molecule has 0 spiro atoms. The smallest absolute Gasteiger partial charge is 0.251 e. The Bertz CT molecular complexity index is 1150. The van der Waals surface area contributed by atoms with Crippen molar-refractivity contribution in [2.45, 2.75) is 13.8 Å². The summed E-state index contributed by atoms with van der Waals surface area (Å²) in [5.74, 6) is 1.50. The first kappa shape index (κ1) is 20.3. The van der Waals surface area contributed by atoms with E-state index in [1.165, 1.54) is 11.1 Å². The Morgan fingerprint density at radius 1 is 0.806 bits per heavy atom. The van der Waals surface area contributed by atoms with Crippen molar-refractivity contribution in [3.63, 3.8) is 0 Å². The highest BCUT2D eigenvalue weighted by molar-refractivity contribution is 5.94. The van der Waals surface area contributed by atoms with E-state index in [1.54, 1.807) is 24.3 Å². The fraction of sp³-hybridized carbons (Fsp3) is 0.160. The van der Waals surface area contributed by atoms with E-state index in [4.69, 9.17) is 9.15 Å². The summed E-state index contributed by atoms with van der Waals surface area (Å²) < 4.78 is 11.4. The molecule has 0 aliphatic carbocycles. The van der Waals surface area contributed by atoms with E-state index in [2.05, 4.69) is 15.5 Å². The normalized spacial score (nSPS) is 10.6. The number of ether oxygens (including phenoxy) is 1. The number of carbonyl (C=O) groups is 1. The lowest BCUT2D eigenvalue weighted by atomic mass is 10.1. The first-order chi connectivity index (χ1) is 15.1. The monoisotopic (exact) mass is 413 g/mol. The number of aromatic nitrogens is 2. The summed E-state index contributed by atoms with van der Waals surface area (Å²) in [6.45, 7) is 4.86. The zero-order valence-corrected chi connectivity index (χ0v) is 17.5. The number of aryl methyl sites for hydroxylation is 2. The van der Waals surface area contributed by atoms with Crippen LogP contribution in [0.2, 0.25) is 0 Å². The highest BCUT2D eigenvalue weighted by atomic mass is 16.5. The van der Waals surface area contributed by atoms with Crippen molar-refractivity contribution in [2.24, 2.45) is 0 Å². The molecule has 0 unspecified atom stereocenters. The first-order valence-corrected chi connectivity index (χ1v) is 10.1. The topological polar surface area (TPSA) is 77.2 Å². The van der Waals surface area contributed by atoms with E-state index in [1.807, 2.05) is 62.4 Å². The molecule has 0 aliphatic rings. The van der Waals surface area contributed by atoms with E-state index in [0.29, 0.717) is 30.5 Å². The summed E-state index contributed by atoms with van der Waals surface area (Å²) in [7, 11) is 0. The molecule has 1 N–H and O–H groups in total. The third-order valence-electron chi connectivity index (χ3n) is 4.79. The molecule has 0 aliphatic heterocycles. The average Bonchev–Trinajstić information content (AvgIpc) is 3.29. The second kappa shape index (κ2) is 9.26. The van der Waals surface area contributed by atoms with Crippen molar-refractivity contribution in [1.29, 1.82) is 0 Å². The third kappa shape index (κ3) is 5.17. The second-order valence-corrected chi connectivity index (χ2v) is 7.27. The van der Waals surface area contributed by atoms with Crippen LogP contribution in [0.4, 0.5) is 0 Å². The van der Waals surface area contributed by atoms with Crippen LogP contribution >= 0.6 is 0 Å². The lowest BCUT2D eigenvalue weighted by Gasteiger charge is -2.08. The Balaban J connectivity index is 1.32. The van der Waals surface area contributed by atoms with Crippen molar-refractivity contribution in [1.82, 2.24) is 15.5 Å². The molecule has 1 amide bonds. The third-order valence-corrected chi connectivity index (χ3v) is 4.79. The van der Waals surface area contributed by atoms with Gasteiger partial charge in [-0.1, -0.05) is 35.4 Å². The summed E-state index contributed by atoms with van der Waals surface area (Å²) in [4.78, 5) is 12.3. The fourth-order valence-electron chi connectivity index (χ4n) is 2.99. The van der Waals surface area contributed by atoms with Crippen LogP contribution in [-0.4, -0.2) is 29.3 Å². The fourth-order valence-corrected chi connectivity index (χ4v) is 2.99. The molecule has 6 heteroatoms. The minimum absolute atomic E-state index is 0.162. The molecule has 4 aromatic rings. The summed E-state index contributed by atoms with van der Waals surface area (Å²) >= 11 is 0. The lowest BCUT2D eigenvalue weighted by molar-refractivity contribution is 0.0947. The molecule has 0 radical (unpaired) electrons. The van der Waals surface area contributed by atoms with Crippen molar-refractivity contribution in [3.05, 3.63) is 89.5 Å². The van der Waals surface area contributed by atoms with E-state index in [-0.39, 0.29) is 5.91 Å². The number of benzene rings is 3. The molecule has 0 atom stereocenters. The van der Waals surface area contributed by atoms with Gasteiger partial charge >= 0.3 is 0 Å². The molecule has 1 heterocycles. The summed E-state index contributed by atoms with van der Waals surface area (Å²) in [6, 6.07) is 22.8. The molecule has 31 heavy (non-hydrogen) atoms. The van der Waals surface area contributed by atoms with E-state index >= 15 is 0 Å². The van der Waals surface area contributed by atoms with Gasteiger partial charge < -0.3 is 14.5 Å². The summed E-state index contributed by atoms with van der Waals surface area (Å²) in [5.41, 5.74) is 4.52. The molecule has 0 saturated carbocycles. The van der Waals surface area contributed by atoms with Crippen LogP contribution in [0.1, 0.15) is 21.5 Å². The molecule has 4 rings (SSSR count). The SMILES string of the molecule is Cc1ccc(OCCNC(=O)c2ccc(-c3nnc(-c4ccc(C)cc4)o3)cc2)cc1. The average molecular weight is 413 g/mol. The molecular weight excluding hydrogens is 390 g/mol. The van der Waals surface area contributed by atoms with Gasteiger partial charge in [0, 0.05) is 16.7 Å². The van der Waals surface area contributed by atoms with Gasteiger partial charge in [-0.05, 0) is 62.4 Å². The van der Waals surface area contributed by atoms with Gasteiger partial charge in [0.05, 0.1) is 6.54 Å². The highest BCUT2D eigenvalue weighted by Crippen LogP contribution is 2.24. The van der Waals surface area contributed by atoms with Gasteiger partial charge in [0.1, 0.15) is 12.4 Å². The minimum atomic E-state index is -0.162. The van der Waals surface area contributed by atoms with Crippen LogP contribution < -0.4 is 10.1 Å². The van der Waals surface area contributed by atoms with Crippen LogP contribution in [0.25, 0.3) is 22.9 Å². The number of nitrogens with one attached hydrogen (secondary N) is 1. The molecule has 3 aromatic carbocycles. The Morgan fingerprint density at radius 3 is 1.90 bits per heavy atom. The standard InChI is InChI=1S/C25H23N3O3/c1-17-3-7-20(8-4-17)24-27-28-25(31-24)21-11-9-19(10-12-21)23(29)26-15-16-30-22-13-5-18(2)6-14-22/h3-14H,15-16H2,1-2H3,(H,26,29). The van der Waals surface area contributed by atoms with Gasteiger partial charge in [-0.2, -0.15) is 0 Å². The number of nitrogens with zero attached hydrogens (tertiary/aromatic N) is 2. The Morgan fingerprint density at radius 2 is 1.32 bits per heavy atom. The maximum Gasteiger partial charge on any atom is 0.251 e. The maximum atomic E-state index is 12.3. The number of amides is 1. The Hall–Kier alpha value is -3.93. The summed E-state index contributed by atoms with van der Waals surface area (Å²) in [6.07, 6.45) is 0. The number of rotatable bonds is 7. The molecule has 0 saturated heterocycles. The largest absolute Gasteiger partial charge is 0.492 e. The Kier molecular flexibility index (Phi) is 6.08. The van der Waals surface area contributed by atoms with Crippen molar-refractivity contribution >= 4 is 5.91 Å². The van der Waals surface area contributed by atoms with Crippen LogP contribution in [0.3, 0.4) is 0 Å². The molecule has 0 bridgehead atoms. The quantitative estimate of drug-likeness (QED) is 0.439. The minimum Gasteiger partial charge on any atom is -0.492 e.